The Kier molecular flexibility index (Phi) is 5.19. The van der Waals surface area contributed by atoms with E-state index in [-0.39, 0.29) is 12.3 Å². The van der Waals surface area contributed by atoms with Crippen LogP contribution < -0.4 is 0 Å². The molecule has 0 aromatic carbocycles. The van der Waals surface area contributed by atoms with E-state index in [2.05, 4.69) is 10.2 Å². The topological polar surface area (TPSA) is 141 Å². The van der Waals surface area contributed by atoms with Crippen LogP contribution in [0.3, 0.4) is 0 Å². The van der Waals surface area contributed by atoms with Crippen molar-refractivity contribution in [3.63, 3.8) is 0 Å². The first-order chi connectivity index (χ1) is 12.9. The molecular formula is C14H19N5O6S3. The van der Waals surface area contributed by atoms with E-state index in [0.717, 1.165) is 34.3 Å². The van der Waals surface area contributed by atoms with Gasteiger partial charge in [0.15, 0.2) is 6.04 Å². The van der Waals surface area contributed by atoms with Crippen molar-refractivity contribution < 1.29 is 27.9 Å². The molecule has 1 N–H and O–H groups in total. The summed E-state index contributed by atoms with van der Waals surface area (Å²) in [6.45, 7) is 2.63. The van der Waals surface area contributed by atoms with Crippen LogP contribution in [0.2, 0.25) is 0 Å². The quantitative estimate of drug-likeness (QED) is 0.566. The summed E-state index contributed by atoms with van der Waals surface area (Å²) in [4.78, 5) is 38.2. The van der Waals surface area contributed by atoms with E-state index in [1.165, 1.54) is 19.0 Å². The zero-order valence-corrected chi connectivity index (χ0v) is 18.0. The minimum absolute atomic E-state index is 0.0790. The number of fused-ring (bicyclic) bond motifs is 1. The van der Waals surface area contributed by atoms with Gasteiger partial charge >= 0.3 is 16.2 Å². The van der Waals surface area contributed by atoms with Gasteiger partial charge in [0.2, 0.25) is 5.91 Å². The monoisotopic (exact) mass is 449 g/mol. The molecular weight excluding hydrogens is 430 g/mol. The third-order valence-electron chi connectivity index (χ3n) is 4.67. The van der Waals surface area contributed by atoms with Gasteiger partial charge in [-0.3, -0.25) is 14.4 Å². The fraction of sp³-hybridized carbons (Fsp3) is 0.643. The Labute approximate surface area is 169 Å². The zero-order valence-electron chi connectivity index (χ0n) is 15.5. The molecule has 0 saturated carbocycles. The van der Waals surface area contributed by atoms with Gasteiger partial charge in [-0.25, -0.2) is 4.31 Å². The van der Waals surface area contributed by atoms with Gasteiger partial charge in [-0.15, -0.1) is 33.3 Å². The number of carboxylic acid groups (broad SMARTS) is 1. The van der Waals surface area contributed by atoms with Gasteiger partial charge in [0.05, 0.1) is 0 Å². The number of nitrogens with zero attached hydrogens (tertiary/aromatic N) is 5. The van der Waals surface area contributed by atoms with Gasteiger partial charge in [-0.2, -0.15) is 12.7 Å². The van der Waals surface area contributed by atoms with Crippen LogP contribution in [0.4, 0.5) is 0 Å². The maximum absolute atomic E-state index is 12.8. The molecule has 2 fully saturated rings. The second kappa shape index (κ2) is 6.93. The summed E-state index contributed by atoms with van der Waals surface area (Å²) in [7, 11) is -1.61. The van der Waals surface area contributed by atoms with Crippen LogP contribution in [0.1, 0.15) is 16.9 Å². The zero-order chi connectivity index (χ0) is 21.0. The Morgan fingerprint density at radius 1 is 1.32 bits per heavy atom. The molecule has 2 aliphatic heterocycles. The Morgan fingerprint density at radius 2 is 1.96 bits per heavy atom. The maximum Gasteiger partial charge on any atom is 0.319 e. The molecule has 1 aromatic rings. The minimum atomic E-state index is -4.16. The van der Waals surface area contributed by atoms with Crippen molar-refractivity contribution in [2.45, 2.75) is 30.7 Å². The summed E-state index contributed by atoms with van der Waals surface area (Å²) in [6.07, 6.45) is 0. The second-order valence-corrected chi connectivity index (χ2v) is 11.0. The van der Waals surface area contributed by atoms with Gasteiger partial charge in [0.1, 0.15) is 20.8 Å². The lowest BCUT2D eigenvalue weighted by Gasteiger charge is -2.55. The highest BCUT2D eigenvalue weighted by molar-refractivity contribution is 8.00. The number of aliphatic carboxylic acids is 1. The van der Waals surface area contributed by atoms with Crippen LogP contribution in [-0.2, 0) is 30.0 Å². The molecule has 0 bridgehead atoms. The summed E-state index contributed by atoms with van der Waals surface area (Å²) in [5.41, 5.74) is -1.42. The van der Waals surface area contributed by atoms with E-state index in [1.807, 2.05) is 0 Å². The highest BCUT2D eigenvalue weighted by Gasteiger charge is 2.62. The highest BCUT2D eigenvalue weighted by atomic mass is 32.2. The lowest BCUT2D eigenvalue weighted by atomic mass is 9.88. The molecule has 2 saturated heterocycles. The molecule has 11 nitrogen and oxygen atoms in total. The third-order valence-corrected chi connectivity index (χ3v) is 9.13. The van der Waals surface area contributed by atoms with E-state index in [4.69, 9.17) is 0 Å². The molecule has 154 valence electrons. The van der Waals surface area contributed by atoms with E-state index >= 15 is 0 Å². The summed E-state index contributed by atoms with van der Waals surface area (Å²) >= 11 is 2.27. The number of carbonyl (C=O) groups excluding carboxylic acids is 2. The first-order valence-electron chi connectivity index (χ1n) is 8.12. The summed E-state index contributed by atoms with van der Waals surface area (Å²) in [6, 6.07) is -1.20. The number of amides is 2. The van der Waals surface area contributed by atoms with Crippen molar-refractivity contribution >= 4 is 51.1 Å². The number of carboxylic acids is 1. The van der Waals surface area contributed by atoms with Crippen molar-refractivity contribution in [3.05, 3.63) is 10.0 Å². The Hall–Kier alpha value is -1.77. The van der Waals surface area contributed by atoms with Crippen LogP contribution >= 0.6 is 23.1 Å². The average molecular weight is 450 g/mol. The van der Waals surface area contributed by atoms with Gasteiger partial charge < -0.3 is 10.0 Å². The third kappa shape index (κ3) is 2.98. The number of aryl methyl sites for hydroxylation is 1. The number of aromatic nitrogens is 2. The van der Waals surface area contributed by atoms with Crippen molar-refractivity contribution in [1.29, 1.82) is 0 Å². The molecule has 0 spiro atoms. The lowest BCUT2D eigenvalue weighted by molar-refractivity contribution is -0.159. The van der Waals surface area contributed by atoms with Crippen molar-refractivity contribution in [2.24, 2.45) is 0 Å². The van der Waals surface area contributed by atoms with E-state index in [9.17, 15) is 27.9 Å². The van der Waals surface area contributed by atoms with Crippen molar-refractivity contribution in [3.8, 4) is 0 Å². The smallest absolute Gasteiger partial charge is 0.319 e. The number of thioether (sulfide) groups is 1. The van der Waals surface area contributed by atoms with Crippen LogP contribution in [0.5, 0.6) is 0 Å². The Morgan fingerprint density at radius 3 is 2.43 bits per heavy atom. The fourth-order valence-corrected chi connectivity index (χ4v) is 6.94. The predicted octanol–water partition coefficient (Wildman–Crippen LogP) is -0.892. The van der Waals surface area contributed by atoms with Gasteiger partial charge in [-0.1, -0.05) is 0 Å². The molecule has 3 atom stereocenters. The van der Waals surface area contributed by atoms with Crippen molar-refractivity contribution in [1.82, 2.24) is 23.7 Å². The summed E-state index contributed by atoms with van der Waals surface area (Å²) < 4.78 is 26.5. The second-order valence-electron chi connectivity index (χ2n) is 6.73. The molecule has 3 heterocycles. The average Bonchev–Trinajstić information content (AvgIpc) is 3.04. The summed E-state index contributed by atoms with van der Waals surface area (Å²) in [5.74, 6) is -2.43. The van der Waals surface area contributed by atoms with Crippen LogP contribution in [0, 0.1) is 6.92 Å². The first-order valence-corrected chi connectivity index (χ1v) is 11.4. The number of rotatable bonds is 5. The number of β-lactam (4-membered cyclic amide) rings is 1. The van der Waals surface area contributed by atoms with Crippen LogP contribution in [0.25, 0.3) is 0 Å². The molecule has 3 rings (SSSR count). The molecule has 2 amide bonds. The highest BCUT2D eigenvalue weighted by Crippen LogP contribution is 2.46. The van der Waals surface area contributed by atoms with Crippen molar-refractivity contribution in [2.75, 3.05) is 26.4 Å². The first kappa shape index (κ1) is 21.0. The van der Waals surface area contributed by atoms with Gasteiger partial charge in [0, 0.05) is 33.3 Å². The van der Waals surface area contributed by atoms with Crippen LogP contribution in [-0.4, -0.2) is 92.8 Å². The minimum Gasteiger partial charge on any atom is -0.480 e. The largest absolute Gasteiger partial charge is 0.480 e. The molecule has 0 radical (unpaired) electrons. The maximum atomic E-state index is 12.8. The van der Waals surface area contributed by atoms with E-state index in [1.54, 1.807) is 6.92 Å². The molecule has 1 aromatic heterocycles. The summed E-state index contributed by atoms with van der Waals surface area (Å²) in [5, 5.41) is 17.9. The molecule has 14 heteroatoms. The Balaban J connectivity index is 1.92. The molecule has 0 aliphatic carbocycles. The SMILES string of the molecule is CC(=O)N(C1C(=O)N2CC(C(=O)O)(c3nnc(C)s3)CS[C@H]12)S(=O)(=O)N(C)C. The normalized spacial score (nSPS) is 27.3. The molecule has 2 unspecified atom stereocenters. The molecule has 28 heavy (non-hydrogen) atoms. The van der Waals surface area contributed by atoms with Gasteiger partial charge in [-0.05, 0) is 6.92 Å². The number of hydrogen-bond acceptors (Lipinski definition) is 9. The number of hydrogen-bond donors (Lipinski definition) is 1. The standard InChI is InChI=1S/C14H19N5O6S3/c1-7-15-16-12(27-7)14(13(22)23)5-18-10(21)9(11(18)26-6-14)19(8(2)20)28(24,25)17(3)4/h9,11H,5-6H2,1-4H3,(H,22,23)/t9?,11-,14?/m1/s1. The molecule has 2 aliphatic rings. The predicted molar refractivity (Wildman–Crippen MR) is 101 cm³/mol. The number of carbonyl (C=O) groups is 3. The van der Waals surface area contributed by atoms with Gasteiger partial charge in [0.25, 0.3) is 5.91 Å². The lowest BCUT2D eigenvalue weighted by Crippen LogP contribution is -2.75. The van der Waals surface area contributed by atoms with E-state index < -0.39 is 44.8 Å². The fourth-order valence-electron chi connectivity index (χ4n) is 3.15. The Bertz CT molecular complexity index is 947. The van der Waals surface area contributed by atoms with Crippen LogP contribution in [0.15, 0.2) is 0 Å². The van der Waals surface area contributed by atoms with E-state index in [0.29, 0.717) is 14.3 Å².